The number of hydrogen-bond donors (Lipinski definition) is 0. The van der Waals surface area contributed by atoms with Gasteiger partial charge in [0.15, 0.2) is 11.5 Å². The fourth-order valence-electron chi connectivity index (χ4n) is 3.55. The Morgan fingerprint density at radius 3 is 2.52 bits per heavy atom. The molecule has 1 saturated heterocycles. The van der Waals surface area contributed by atoms with E-state index in [0.717, 1.165) is 36.9 Å². The van der Waals surface area contributed by atoms with Crippen LogP contribution in [0.3, 0.4) is 0 Å². The molecule has 0 aliphatic carbocycles. The number of carbonyl (C=O) groups is 1. The first-order valence-corrected chi connectivity index (χ1v) is 7.32. The number of ether oxygens (including phenoxy) is 3. The molecule has 2 heterocycles. The van der Waals surface area contributed by atoms with Crippen molar-refractivity contribution in [2.24, 2.45) is 0 Å². The first-order valence-electron chi connectivity index (χ1n) is 7.32. The van der Waals surface area contributed by atoms with Gasteiger partial charge in [-0.25, -0.2) is 0 Å². The number of nitrogens with zero attached hydrogens (tertiary/aromatic N) is 1. The summed E-state index contributed by atoms with van der Waals surface area (Å²) in [7, 11) is 4.87. The Labute approximate surface area is 124 Å². The number of fused-ring (bicyclic) bond motifs is 3. The summed E-state index contributed by atoms with van der Waals surface area (Å²) in [5, 5.41) is 0. The molecule has 3 rings (SSSR count). The lowest BCUT2D eigenvalue weighted by molar-refractivity contribution is -0.131. The normalized spacial score (nSPS) is 20.6. The Kier molecular flexibility index (Phi) is 3.66. The lowest BCUT2D eigenvalue weighted by Gasteiger charge is -2.26. The molecule has 0 spiro atoms. The van der Waals surface area contributed by atoms with E-state index in [2.05, 4.69) is 0 Å². The molecule has 5 nitrogen and oxygen atoms in total. The van der Waals surface area contributed by atoms with E-state index in [0.29, 0.717) is 23.7 Å². The zero-order valence-corrected chi connectivity index (χ0v) is 12.8. The summed E-state index contributed by atoms with van der Waals surface area (Å²) < 4.78 is 16.5. The summed E-state index contributed by atoms with van der Waals surface area (Å²) in [6.45, 7) is 0.834. The van der Waals surface area contributed by atoms with Crippen molar-refractivity contribution in [2.75, 3.05) is 27.9 Å². The molecule has 21 heavy (non-hydrogen) atoms. The second-order valence-electron chi connectivity index (χ2n) is 5.46. The highest BCUT2D eigenvalue weighted by molar-refractivity contribution is 5.79. The molecule has 0 radical (unpaired) electrons. The topological polar surface area (TPSA) is 48.0 Å². The lowest BCUT2D eigenvalue weighted by Crippen LogP contribution is -2.29. The summed E-state index contributed by atoms with van der Waals surface area (Å²) in [6, 6.07) is 2.09. The van der Waals surface area contributed by atoms with E-state index in [1.54, 1.807) is 21.3 Å². The Balaban J connectivity index is 2.22. The van der Waals surface area contributed by atoms with E-state index >= 15 is 0 Å². The van der Waals surface area contributed by atoms with Crippen LogP contribution in [0.1, 0.15) is 36.4 Å². The Morgan fingerprint density at radius 1 is 1.10 bits per heavy atom. The van der Waals surface area contributed by atoms with Crippen LogP contribution in [-0.2, 0) is 11.2 Å². The van der Waals surface area contributed by atoms with Crippen LogP contribution in [0, 0.1) is 0 Å². The van der Waals surface area contributed by atoms with Gasteiger partial charge in [-0.3, -0.25) is 4.79 Å². The minimum Gasteiger partial charge on any atom is -0.493 e. The summed E-state index contributed by atoms with van der Waals surface area (Å²) in [5.74, 6) is 2.21. The fourth-order valence-corrected chi connectivity index (χ4v) is 3.55. The maximum absolute atomic E-state index is 12.3. The summed E-state index contributed by atoms with van der Waals surface area (Å²) in [4.78, 5) is 14.3. The maximum Gasteiger partial charge on any atom is 0.223 e. The Hall–Kier alpha value is -1.91. The number of carbonyl (C=O) groups excluding carboxylic acids is 1. The van der Waals surface area contributed by atoms with Gasteiger partial charge >= 0.3 is 0 Å². The van der Waals surface area contributed by atoms with Gasteiger partial charge in [-0.15, -0.1) is 0 Å². The fraction of sp³-hybridized carbons (Fsp3) is 0.562. The van der Waals surface area contributed by atoms with Gasteiger partial charge in [0, 0.05) is 18.5 Å². The van der Waals surface area contributed by atoms with E-state index in [9.17, 15) is 4.79 Å². The van der Waals surface area contributed by atoms with Crippen LogP contribution in [0.15, 0.2) is 6.07 Å². The third-order valence-electron chi connectivity index (χ3n) is 4.47. The zero-order valence-electron chi connectivity index (χ0n) is 12.8. The van der Waals surface area contributed by atoms with Gasteiger partial charge in [-0.2, -0.15) is 0 Å². The molecule has 1 unspecified atom stereocenters. The minimum absolute atomic E-state index is 0.102. The van der Waals surface area contributed by atoms with Gasteiger partial charge in [-0.1, -0.05) is 0 Å². The number of methoxy groups -OCH3 is 3. The molecular weight excluding hydrogens is 270 g/mol. The van der Waals surface area contributed by atoms with Gasteiger partial charge < -0.3 is 19.1 Å². The number of amides is 1. The standard InChI is InChI=1S/C16H21NO4/c1-19-12-9-10-6-7-13(18)17-8-4-5-11(17)14(10)16(21-3)15(12)20-2/h9,11H,4-8H2,1-3H3. The van der Waals surface area contributed by atoms with Crippen LogP contribution in [0.25, 0.3) is 0 Å². The van der Waals surface area contributed by atoms with Crippen molar-refractivity contribution in [3.05, 3.63) is 17.2 Å². The molecule has 0 saturated carbocycles. The maximum atomic E-state index is 12.3. The van der Waals surface area contributed by atoms with Crippen LogP contribution < -0.4 is 14.2 Å². The molecule has 1 fully saturated rings. The third-order valence-corrected chi connectivity index (χ3v) is 4.47. The van der Waals surface area contributed by atoms with Crippen molar-refractivity contribution in [3.8, 4) is 17.2 Å². The van der Waals surface area contributed by atoms with E-state index in [1.165, 1.54) is 0 Å². The Bertz CT molecular complexity index is 570. The molecule has 1 atom stereocenters. The summed E-state index contributed by atoms with van der Waals surface area (Å²) >= 11 is 0. The monoisotopic (exact) mass is 291 g/mol. The highest BCUT2D eigenvalue weighted by atomic mass is 16.5. The molecule has 0 N–H and O–H groups in total. The minimum atomic E-state index is 0.102. The predicted molar refractivity (Wildman–Crippen MR) is 78.1 cm³/mol. The van der Waals surface area contributed by atoms with Gasteiger partial charge in [-0.05, 0) is 30.9 Å². The number of hydrogen-bond acceptors (Lipinski definition) is 4. The molecular formula is C16H21NO4. The van der Waals surface area contributed by atoms with Crippen LogP contribution in [-0.4, -0.2) is 38.7 Å². The van der Waals surface area contributed by atoms with E-state index in [1.807, 2.05) is 11.0 Å². The van der Waals surface area contributed by atoms with Gasteiger partial charge in [0.25, 0.3) is 0 Å². The largest absolute Gasteiger partial charge is 0.493 e. The Morgan fingerprint density at radius 2 is 1.86 bits per heavy atom. The second kappa shape index (κ2) is 5.47. The lowest BCUT2D eigenvalue weighted by atomic mass is 9.95. The SMILES string of the molecule is COc1cc2c(c(OC)c1OC)C1CCCN1C(=O)CC2. The molecule has 5 heteroatoms. The predicted octanol–water partition coefficient (Wildman–Crippen LogP) is 2.32. The van der Waals surface area contributed by atoms with Gasteiger partial charge in [0.05, 0.1) is 27.4 Å². The number of rotatable bonds is 3. The average molecular weight is 291 g/mol. The quantitative estimate of drug-likeness (QED) is 0.857. The smallest absolute Gasteiger partial charge is 0.223 e. The van der Waals surface area contributed by atoms with Crippen molar-refractivity contribution in [1.82, 2.24) is 4.90 Å². The van der Waals surface area contributed by atoms with E-state index in [-0.39, 0.29) is 11.9 Å². The molecule has 2 aliphatic rings. The highest BCUT2D eigenvalue weighted by Crippen LogP contribution is 2.49. The van der Waals surface area contributed by atoms with Gasteiger partial charge in [0.2, 0.25) is 11.7 Å². The molecule has 2 aliphatic heterocycles. The first-order chi connectivity index (χ1) is 10.2. The molecule has 114 valence electrons. The highest BCUT2D eigenvalue weighted by Gasteiger charge is 2.37. The van der Waals surface area contributed by atoms with E-state index in [4.69, 9.17) is 14.2 Å². The van der Waals surface area contributed by atoms with Crippen LogP contribution in [0.4, 0.5) is 0 Å². The number of benzene rings is 1. The molecule has 1 amide bonds. The van der Waals surface area contributed by atoms with Crippen molar-refractivity contribution >= 4 is 5.91 Å². The summed E-state index contributed by atoms with van der Waals surface area (Å²) in [5.41, 5.74) is 2.23. The molecule has 1 aromatic rings. The van der Waals surface area contributed by atoms with Crippen LogP contribution >= 0.6 is 0 Å². The third kappa shape index (κ3) is 2.11. The summed E-state index contributed by atoms with van der Waals surface area (Å²) in [6.07, 6.45) is 3.28. The van der Waals surface area contributed by atoms with Crippen molar-refractivity contribution < 1.29 is 19.0 Å². The van der Waals surface area contributed by atoms with Crippen molar-refractivity contribution in [2.45, 2.75) is 31.7 Å². The average Bonchev–Trinajstić information content (AvgIpc) is 2.95. The zero-order chi connectivity index (χ0) is 15.0. The van der Waals surface area contributed by atoms with Crippen LogP contribution in [0.2, 0.25) is 0 Å². The van der Waals surface area contributed by atoms with Gasteiger partial charge in [0.1, 0.15) is 0 Å². The molecule has 1 aromatic carbocycles. The first kappa shape index (κ1) is 14.0. The van der Waals surface area contributed by atoms with Crippen molar-refractivity contribution in [3.63, 3.8) is 0 Å². The van der Waals surface area contributed by atoms with Crippen LogP contribution in [0.5, 0.6) is 17.2 Å². The second-order valence-corrected chi connectivity index (χ2v) is 5.46. The molecule has 0 bridgehead atoms. The number of aryl methyl sites for hydroxylation is 1. The van der Waals surface area contributed by atoms with E-state index < -0.39 is 0 Å². The van der Waals surface area contributed by atoms with Crippen molar-refractivity contribution in [1.29, 1.82) is 0 Å². The molecule has 0 aromatic heterocycles.